The minimum Gasteiger partial charge on any atom is -1.00 e. The summed E-state index contributed by atoms with van der Waals surface area (Å²) in [5.41, 5.74) is 0. The molecular weight excluding hydrogens is 296 g/mol. The third-order valence-electron chi connectivity index (χ3n) is 0. The summed E-state index contributed by atoms with van der Waals surface area (Å²) in [6.45, 7) is 0. The number of hydrogen-bond donors (Lipinski definition) is 4. The van der Waals surface area contributed by atoms with Crippen molar-refractivity contribution in [2.24, 2.45) is 0 Å². The second-order valence-electron chi connectivity index (χ2n) is 0.600. The monoisotopic (exact) mass is 306 g/mol. The van der Waals surface area contributed by atoms with E-state index in [1.54, 1.807) is 0 Å². The van der Waals surface area contributed by atoms with E-state index < -0.39 is 9.05 Å². The summed E-state index contributed by atoms with van der Waals surface area (Å²) in [5, 5.41) is 0. The SMILES string of the molecule is O[Si](O)(O)O.[AlH3].[H-].[H-].[H-].[H-].[Mg+2].[Sr+2].[Zn]. The largest absolute Gasteiger partial charge is 2.00 e. The number of hydrogen-bond acceptors (Lipinski definition) is 4. The van der Waals surface area contributed by atoms with Gasteiger partial charge in [-0.15, -0.1) is 0 Å². The van der Waals surface area contributed by atoms with Crippen LogP contribution >= 0.6 is 0 Å². The first-order chi connectivity index (χ1) is 2.00. The van der Waals surface area contributed by atoms with Crippen molar-refractivity contribution >= 4 is 94.9 Å². The molecule has 0 amide bonds. The molecule has 0 aliphatic rings. The Morgan fingerprint density at radius 3 is 1.00 bits per heavy atom. The molecule has 9 heteroatoms. The maximum atomic E-state index is 7.33. The molecule has 9 heavy (non-hydrogen) atoms. The minimum absolute atomic E-state index is 0. The first-order valence-corrected chi connectivity index (χ1v) is 2.68. The second-order valence-corrected chi connectivity index (χ2v) is 1.80. The van der Waals surface area contributed by atoms with Gasteiger partial charge in [0, 0.05) is 19.5 Å². The molecule has 0 saturated heterocycles. The van der Waals surface area contributed by atoms with Crippen LogP contribution in [0.4, 0.5) is 0 Å². The van der Waals surface area contributed by atoms with E-state index in [1.165, 1.54) is 0 Å². The standard InChI is InChI=1S/Al.Mg.H4O4Si.Sr.Zn.7H/c;;1-5(2,3)4;;;;;;;;;/h;;1-4H;;;;;;;;;/q;+2;;+2;;;;;4*-1. The van der Waals surface area contributed by atoms with E-state index in [4.69, 9.17) is 19.2 Å². The van der Waals surface area contributed by atoms with Crippen LogP contribution in [0.5, 0.6) is 0 Å². The summed E-state index contributed by atoms with van der Waals surface area (Å²) in [4.78, 5) is 29.3. The van der Waals surface area contributed by atoms with Crippen molar-refractivity contribution in [3.63, 3.8) is 0 Å². The molecule has 0 aromatic carbocycles. The quantitative estimate of drug-likeness (QED) is 0.343. The number of rotatable bonds is 0. The van der Waals surface area contributed by atoms with Gasteiger partial charge in [-0.25, -0.2) is 0 Å². The Kier molecular flexibility index (Phi) is 45.8. The molecule has 4 nitrogen and oxygen atoms in total. The van der Waals surface area contributed by atoms with Crippen molar-refractivity contribution in [3.8, 4) is 0 Å². The van der Waals surface area contributed by atoms with Crippen LogP contribution in [-0.2, 0) is 19.5 Å². The molecule has 0 spiro atoms. The average Bonchev–Trinajstić information content (AvgIpc) is 0.722. The van der Waals surface area contributed by atoms with Crippen molar-refractivity contribution in [3.05, 3.63) is 0 Å². The van der Waals surface area contributed by atoms with Crippen LogP contribution in [0.25, 0.3) is 0 Å². The smallest absolute Gasteiger partial charge is 1.00 e. The first-order valence-electron chi connectivity index (χ1n) is 0.894. The van der Waals surface area contributed by atoms with Crippen LogP contribution in [0, 0.1) is 0 Å². The molecule has 0 aromatic rings. The Bertz CT molecular complexity index is 47.6. The molecule has 0 fully saturated rings. The fraction of sp³-hybridized carbons (Fsp3) is 0. The maximum absolute atomic E-state index is 7.33. The summed E-state index contributed by atoms with van der Waals surface area (Å²) >= 11 is 0. The molecule has 48 valence electrons. The van der Waals surface area contributed by atoms with E-state index in [1.807, 2.05) is 0 Å². The van der Waals surface area contributed by atoms with Crippen molar-refractivity contribution in [1.29, 1.82) is 0 Å². The van der Waals surface area contributed by atoms with Gasteiger partial charge in [0.05, 0.1) is 0 Å². The Morgan fingerprint density at radius 2 is 1.00 bits per heavy atom. The average molecular weight is 307 g/mol. The predicted octanol–water partition coefficient (Wildman–Crippen LogP) is -4.11. The van der Waals surface area contributed by atoms with Crippen LogP contribution in [-0.4, -0.2) is 114 Å². The summed E-state index contributed by atoms with van der Waals surface area (Å²) in [5.74, 6) is 0. The Labute approximate surface area is 137 Å². The van der Waals surface area contributed by atoms with Gasteiger partial charge in [0.25, 0.3) is 0 Å². The second kappa shape index (κ2) is 14.0. The molecule has 0 rings (SSSR count). The molecule has 4 N–H and O–H groups in total. The van der Waals surface area contributed by atoms with Gasteiger partial charge < -0.3 is 24.9 Å². The Balaban J connectivity index is -0.00000000286. The van der Waals surface area contributed by atoms with Crippen LogP contribution in [0.3, 0.4) is 0 Å². The van der Waals surface area contributed by atoms with Crippen molar-refractivity contribution in [1.82, 2.24) is 0 Å². The molecule has 0 saturated carbocycles. The third kappa shape index (κ3) is 85.7. The van der Waals surface area contributed by atoms with E-state index in [0.29, 0.717) is 0 Å². The van der Waals surface area contributed by atoms with E-state index in [-0.39, 0.29) is 111 Å². The molecule has 0 aliphatic carbocycles. The van der Waals surface area contributed by atoms with Crippen molar-refractivity contribution in [2.45, 2.75) is 0 Å². The van der Waals surface area contributed by atoms with E-state index >= 15 is 0 Å². The van der Waals surface area contributed by atoms with Crippen molar-refractivity contribution < 1.29 is 44.4 Å². The molecular formula is H11AlMgO4SiSrZn. The minimum atomic E-state index is -4.61. The summed E-state index contributed by atoms with van der Waals surface area (Å²) in [7, 11) is -4.61. The molecule has 0 radical (unpaired) electrons. The van der Waals surface area contributed by atoms with Gasteiger partial charge in [0.2, 0.25) is 0 Å². The summed E-state index contributed by atoms with van der Waals surface area (Å²) in [6, 6.07) is 0. The fourth-order valence-corrected chi connectivity index (χ4v) is 0. The van der Waals surface area contributed by atoms with Gasteiger partial charge in [-0.05, 0) is 0 Å². The van der Waals surface area contributed by atoms with E-state index in [0.717, 1.165) is 0 Å². The van der Waals surface area contributed by atoms with Gasteiger partial charge in [-0.1, -0.05) is 0 Å². The zero-order valence-corrected chi connectivity index (χ0v) is 13.3. The fourth-order valence-electron chi connectivity index (χ4n) is 0. The molecule has 0 unspecified atom stereocenters. The predicted molar refractivity (Wildman–Crippen MR) is 40.5 cm³/mol. The van der Waals surface area contributed by atoms with E-state index in [9.17, 15) is 0 Å². The van der Waals surface area contributed by atoms with Gasteiger partial charge in [-0.2, -0.15) is 0 Å². The third-order valence-corrected chi connectivity index (χ3v) is 0. The normalized spacial score (nSPS) is 6.67. The van der Waals surface area contributed by atoms with E-state index in [2.05, 4.69) is 0 Å². The van der Waals surface area contributed by atoms with Gasteiger partial charge >= 0.3 is 77.6 Å². The van der Waals surface area contributed by atoms with Crippen LogP contribution in [0.15, 0.2) is 0 Å². The Hall–Kier alpha value is 3.46. The topological polar surface area (TPSA) is 80.9 Å². The van der Waals surface area contributed by atoms with Gasteiger partial charge in [0.15, 0.2) is 17.4 Å². The molecule has 0 aromatic heterocycles. The van der Waals surface area contributed by atoms with Gasteiger partial charge in [-0.3, -0.25) is 0 Å². The molecule has 0 bridgehead atoms. The zero-order valence-electron chi connectivity index (χ0n) is 8.41. The molecule has 0 aliphatic heterocycles. The van der Waals surface area contributed by atoms with Gasteiger partial charge in [0.1, 0.15) is 0 Å². The summed E-state index contributed by atoms with van der Waals surface area (Å²) < 4.78 is 0. The molecule has 0 atom stereocenters. The molecule has 0 heterocycles. The van der Waals surface area contributed by atoms with Crippen LogP contribution in [0.2, 0.25) is 0 Å². The Morgan fingerprint density at radius 1 is 1.00 bits per heavy atom. The van der Waals surface area contributed by atoms with Crippen LogP contribution < -0.4 is 0 Å². The van der Waals surface area contributed by atoms with Crippen LogP contribution in [0.1, 0.15) is 5.71 Å². The zero-order chi connectivity index (χ0) is 4.50. The first kappa shape index (κ1) is 29.4. The summed E-state index contributed by atoms with van der Waals surface area (Å²) in [6.07, 6.45) is 0. The maximum Gasteiger partial charge on any atom is 2.00 e. The van der Waals surface area contributed by atoms with Crippen molar-refractivity contribution in [2.75, 3.05) is 0 Å².